The second-order valence-electron chi connectivity index (χ2n) is 4.79. The Kier molecular flexibility index (Phi) is 5.27. The number of hydrogen-bond acceptors (Lipinski definition) is 3. The van der Waals surface area contributed by atoms with Crippen LogP contribution in [-0.2, 0) is 22.3 Å². The summed E-state index contributed by atoms with van der Waals surface area (Å²) in [7, 11) is -3.45. The van der Waals surface area contributed by atoms with Crippen molar-refractivity contribution in [2.75, 3.05) is 0 Å². The van der Waals surface area contributed by atoms with Crippen molar-refractivity contribution in [2.45, 2.75) is 25.3 Å². The van der Waals surface area contributed by atoms with Gasteiger partial charge in [-0.1, -0.05) is 29.3 Å². The minimum Gasteiger partial charge on any atom is -0.336 e. The van der Waals surface area contributed by atoms with Gasteiger partial charge in [0.25, 0.3) is 0 Å². The average molecular weight is 348 g/mol. The summed E-state index contributed by atoms with van der Waals surface area (Å²) in [5.41, 5.74) is 0.590. The molecule has 5 nitrogen and oxygen atoms in total. The summed E-state index contributed by atoms with van der Waals surface area (Å²) in [5.74, 6) is -0.141. The van der Waals surface area contributed by atoms with E-state index in [1.807, 2.05) is 4.57 Å². The molecule has 0 saturated heterocycles. The number of aromatic nitrogens is 2. The Labute approximate surface area is 134 Å². The van der Waals surface area contributed by atoms with Gasteiger partial charge in [0, 0.05) is 25.0 Å². The number of halogens is 2. The Bertz CT molecular complexity index is 702. The summed E-state index contributed by atoms with van der Waals surface area (Å²) in [5, 5.41) is 0.745. The normalized spacial score (nSPS) is 13.3. The molecule has 0 aliphatic heterocycles. The van der Waals surface area contributed by atoms with Gasteiger partial charge in [-0.25, -0.2) is 18.1 Å². The molecule has 0 fully saturated rings. The topological polar surface area (TPSA) is 64.0 Å². The van der Waals surface area contributed by atoms with Crippen molar-refractivity contribution in [3.05, 3.63) is 52.5 Å². The molecule has 1 atom stereocenters. The standard InChI is InChI=1S/C13H15Cl2N3O2S/c1-10(7-18-5-4-16-9-18)17-21(19,20)8-11-2-3-12(14)13(15)6-11/h2-6,9-10,17H,7-8H2,1H3. The molecular weight excluding hydrogens is 333 g/mol. The fraction of sp³-hybridized carbons (Fsp3) is 0.308. The second-order valence-corrected chi connectivity index (χ2v) is 7.35. The van der Waals surface area contributed by atoms with Crippen LogP contribution in [0.1, 0.15) is 12.5 Å². The van der Waals surface area contributed by atoms with Gasteiger partial charge in [0.1, 0.15) is 0 Å². The molecule has 1 unspecified atom stereocenters. The lowest BCUT2D eigenvalue weighted by atomic mass is 10.2. The van der Waals surface area contributed by atoms with Gasteiger partial charge in [0.15, 0.2) is 0 Å². The first kappa shape index (κ1) is 16.3. The van der Waals surface area contributed by atoms with Crippen LogP contribution >= 0.6 is 23.2 Å². The van der Waals surface area contributed by atoms with E-state index < -0.39 is 10.0 Å². The molecule has 8 heteroatoms. The van der Waals surface area contributed by atoms with Gasteiger partial charge in [-0.3, -0.25) is 0 Å². The van der Waals surface area contributed by atoms with Crippen LogP contribution < -0.4 is 4.72 Å². The Morgan fingerprint density at radius 3 is 2.71 bits per heavy atom. The molecule has 0 saturated carbocycles. The maximum absolute atomic E-state index is 12.1. The second kappa shape index (κ2) is 6.79. The molecule has 0 aliphatic rings. The van der Waals surface area contributed by atoms with Crippen LogP contribution in [0.4, 0.5) is 0 Å². The maximum Gasteiger partial charge on any atom is 0.216 e. The van der Waals surface area contributed by atoms with Crippen molar-refractivity contribution in [3.8, 4) is 0 Å². The van der Waals surface area contributed by atoms with E-state index in [1.54, 1.807) is 43.8 Å². The molecule has 0 amide bonds. The zero-order chi connectivity index (χ0) is 15.5. The van der Waals surface area contributed by atoms with Crippen molar-refractivity contribution in [1.82, 2.24) is 14.3 Å². The van der Waals surface area contributed by atoms with E-state index in [1.165, 1.54) is 0 Å². The molecule has 0 radical (unpaired) electrons. The quantitative estimate of drug-likeness (QED) is 0.873. The summed E-state index contributed by atoms with van der Waals surface area (Å²) in [6.07, 6.45) is 5.07. The summed E-state index contributed by atoms with van der Waals surface area (Å²) in [6, 6.07) is 4.55. The zero-order valence-corrected chi connectivity index (χ0v) is 13.7. The smallest absolute Gasteiger partial charge is 0.216 e. The molecule has 0 aliphatic carbocycles. The SMILES string of the molecule is CC(Cn1ccnc1)NS(=O)(=O)Cc1ccc(Cl)c(Cl)c1. The molecule has 0 bridgehead atoms. The highest BCUT2D eigenvalue weighted by molar-refractivity contribution is 7.88. The summed E-state index contributed by atoms with van der Waals surface area (Å²) in [6.45, 7) is 2.31. The van der Waals surface area contributed by atoms with Gasteiger partial charge in [0.05, 0.1) is 22.1 Å². The van der Waals surface area contributed by atoms with E-state index in [9.17, 15) is 8.42 Å². The predicted molar refractivity (Wildman–Crippen MR) is 83.9 cm³/mol. The van der Waals surface area contributed by atoms with Gasteiger partial charge in [0.2, 0.25) is 10.0 Å². The Morgan fingerprint density at radius 1 is 1.33 bits per heavy atom. The molecule has 1 aromatic carbocycles. The number of hydrogen-bond donors (Lipinski definition) is 1. The lowest BCUT2D eigenvalue weighted by Gasteiger charge is -2.15. The number of sulfonamides is 1. The van der Waals surface area contributed by atoms with Crippen molar-refractivity contribution in [1.29, 1.82) is 0 Å². The van der Waals surface area contributed by atoms with Crippen LogP contribution in [0.25, 0.3) is 0 Å². The van der Waals surface area contributed by atoms with Crippen molar-refractivity contribution in [2.24, 2.45) is 0 Å². The third-order valence-electron chi connectivity index (χ3n) is 2.77. The van der Waals surface area contributed by atoms with Crippen LogP contribution in [0.15, 0.2) is 36.9 Å². The van der Waals surface area contributed by atoms with E-state index in [0.29, 0.717) is 22.2 Å². The first-order valence-electron chi connectivity index (χ1n) is 6.25. The van der Waals surface area contributed by atoms with Crippen LogP contribution in [0.2, 0.25) is 10.0 Å². The fourth-order valence-corrected chi connectivity index (χ4v) is 3.66. The molecule has 1 heterocycles. The van der Waals surface area contributed by atoms with Crippen LogP contribution in [0, 0.1) is 0 Å². The summed E-state index contributed by atoms with van der Waals surface area (Å²) in [4.78, 5) is 3.92. The number of nitrogens with zero attached hydrogens (tertiary/aromatic N) is 2. The molecule has 2 rings (SSSR count). The minimum absolute atomic E-state index is 0.141. The van der Waals surface area contributed by atoms with Crippen molar-refractivity contribution >= 4 is 33.2 Å². The number of benzene rings is 1. The highest BCUT2D eigenvalue weighted by Gasteiger charge is 2.16. The molecule has 21 heavy (non-hydrogen) atoms. The average Bonchev–Trinajstić information content (AvgIpc) is 2.85. The van der Waals surface area contributed by atoms with E-state index in [0.717, 1.165) is 0 Å². The highest BCUT2D eigenvalue weighted by atomic mass is 35.5. The van der Waals surface area contributed by atoms with Gasteiger partial charge < -0.3 is 4.57 Å². The van der Waals surface area contributed by atoms with Crippen LogP contribution in [0.3, 0.4) is 0 Å². The fourth-order valence-electron chi connectivity index (χ4n) is 1.95. The minimum atomic E-state index is -3.45. The lowest BCUT2D eigenvalue weighted by molar-refractivity contribution is 0.520. The molecule has 1 N–H and O–H groups in total. The van der Waals surface area contributed by atoms with Gasteiger partial charge >= 0.3 is 0 Å². The lowest BCUT2D eigenvalue weighted by Crippen LogP contribution is -2.36. The third kappa shape index (κ3) is 5.00. The highest BCUT2D eigenvalue weighted by Crippen LogP contribution is 2.23. The summed E-state index contributed by atoms with van der Waals surface area (Å²) < 4.78 is 28.7. The van der Waals surface area contributed by atoms with Crippen LogP contribution in [-0.4, -0.2) is 24.0 Å². The molecule has 1 aromatic heterocycles. The van der Waals surface area contributed by atoms with Gasteiger partial charge in [-0.15, -0.1) is 0 Å². The first-order valence-corrected chi connectivity index (χ1v) is 8.66. The molecule has 0 spiro atoms. The monoisotopic (exact) mass is 347 g/mol. The molecule has 2 aromatic rings. The van der Waals surface area contributed by atoms with Gasteiger partial charge in [-0.05, 0) is 24.6 Å². The third-order valence-corrected chi connectivity index (χ3v) is 4.98. The van der Waals surface area contributed by atoms with Crippen molar-refractivity contribution in [3.63, 3.8) is 0 Å². The number of rotatable bonds is 6. The molecule has 114 valence electrons. The van der Waals surface area contributed by atoms with E-state index in [-0.39, 0.29) is 11.8 Å². The first-order chi connectivity index (χ1) is 9.85. The predicted octanol–water partition coefficient (Wildman–Crippen LogP) is 2.70. The number of imidazole rings is 1. The van der Waals surface area contributed by atoms with E-state index in [4.69, 9.17) is 23.2 Å². The Morgan fingerprint density at radius 2 is 2.10 bits per heavy atom. The summed E-state index contributed by atoms with van der Waals surface area (Å²) >= 11 is 11.7. The molecular formula is C13H15Cl2N3O2S. The zero-order valence-electron chi connectivity index (χ0n) is 11.3. The Balaban J connectivity index is 1.99. The van der Waals surface area contributed by atoms with Crippen molar-refractivity contribution < 1.29 is 8.42 Å². The maximum atomic E-state index is 12.1. The van der Waals surface area contributed by atoms with Crippen LogP contribution in [0.5, 0.6) is 0 Å². The van der Waals surface area contributed by atoms with E-state index >= 15 is 0 Å². The van der Waals surface area contributed by atoms with Gasteiger partial charge in [-0.2, -0.15) is 0 Å². The Hall–Kier alpha value is -1.08. The largest absolute Gasteiger partial charge is 0.336 e. The van der Waals surface area contributed by atoms with E-state index in [2.05, 4.69) is 9.71 Å². The number of nitrogens with one attached hydrogen (secondary N) is 1.